The van der Waals surface area contributed by atoms with Crippen LogP contribution in [0.2, 0.25) is 0 Å². The van der Waals surface area contributed by atoms with Crippen LogP contribution in [-0.2, 0) is 16.5 Å². The molecule has 0 aliphatic carbocycles. The summed E-state index contributed by atoms with van der Waals surface area (Å²) in [7, 11) is 1.87. The molecule has 1 atom stereocenters. The van der Waals surface area contributed by atoms with Crippen LogP contribution in [0.5, 0.6) is 0 Å². The second kappa shape index (κ2) is 3.26. The summed E-state index contributed by atoms with van der Waals surface area (Å²) < 4.78 is 12.8. The monoisotopic (exact) mass is 210 g/mol. The Kier molecular flexibility index (Phi) is 2.01. The average Bonchev–Trinajstić information content (AvgIpc) is 2.62. The Bertz CT molecular complexity index is 361. The van der Waals surface area contributed by atoms with Gasteiger partial charge in [-0.2, -0.15) is 5.10 Å². The van der Waals surface area contributed by atoms with E-state index in [1.807, 2.05) is 7.05 Å². The summed E-state index contributed by atoms with van der Waals surface area (Å²) in [4.78, 5) is 4.27. The topological polar surface area (TPSA) is 61.2 Å². The van der Waals surface area contributed by atoms with E-state index in [9.17, 15) is 0 Å². The number of nitrogens with one attached hydrogen (secondary N) is 1. The highest BCUT2D eigenvalue weighted by atomic mass is 16.6. The highest BCUT2D eigenvalue weighted by Crippen LogP contribution is 2.36. The molecule has 0 amide bonds. The van der Waals surface area contributed by atoms with Crippen LogP contribution in [-0.4, -0.2) is 46.7 Å². The van der Waals surface area contributed by atoms with Gasteiger partial charge in [0.15, 0.2) is 5.82 Å². The van der Waals surface area contributed by atoms with E-state index < -0.39 is 0 Å². The largest absolute Gasteiger partial charge is 0.375 e. The lowest BCUT2D eigenvalue weighted by molar-refractivity contribution is -0.240. The van der Waals surface area contributed by atoms with Crippen molar-refractivity contribution < 1.29 is 9.47 Å². The van der Waals surface area contributed by atoms with E-state index in [0.29, 0.717) is 13.2 Å². The van der Waals surface area contributed by atoms with Gasteiger partial charge in [-0.05, 0) is 0 Å². The minimum Gasteiger partial charge on any atom is -0.375 e. The number of ether oxygens (including phenoxy) is 2. The van der Waals surface area contributed by atoms with E-state index in [2.05, 4.69) is 15.4 Å². The van der Waals surface area contributed by atoms with Gasteiger partial charge in [0.1, 0.15) is 18.0 Å². The maximum atomic E-state index is 5.80. The molecule has 3 rings (SSSR count). The maximum Gasteiger partial charge on any atom is 0.170 e. The van der Waals surface area contributed by atoms with Crippen molar-refractivity contribution in [3.05, 3.63) is 12.2 Å². The van der Waals surface area contributed by atoms with Crippen molar-refractivity contribution in [1.29, 1.82) is 0 Å². The Labute approximate surface area is 87.6 Å². The molecule has 0 aromatic carbocycles. The fourth-order valence-electron chi connectivity index (χ4n) is 2.09. The van der Waals surface area contributed by atoms with E-state index in [4.69, 9.17) is 9.47 Å². The molecule has 1 aromatic rings. The van der Waals surface area contributed by atoms with Gasteiger partial charge < -0.3 is 14.8 Å². The lowest BCUT2D eigenvalue weighted by Crippen LogP contribution is -2.63. The quantitative estimate of drug-likeness (QED) is 0.660. The minimum atomic E-state index is -0.237. The van der Waals surface area contributed by atoms with E-state index in [1.54, 1.807) is 11.0 Å². The summed E-state index contributed by atoms with van der Waals surface area (Å²) >= 11 is 0. The third kappa shape index (κ3) is 1.37. The van der Waals surface area contributed by atoms with E-state index in [1.165, 1.54) is 0 Å². The van der Waals surface area contributed by atoms with Crippen molar-refractivity contribution in [2.24, 2.45) is 7.05 Å². The highest BCUT2D eigenvalue weighted by molar-refractivity contribution is 5.09. The molecule has 2 fully saturated rings. The van der Waals surface area contributed by atoms with Crippen LogP contribution >= 0.6 is 0 Å². The van der Waals surface area contributed by atoms with Crippen LogP contribution < -0.4 is 5.32 Å². The third-order valence-electron chi connectivity index (χ3n) is 2.93. The summed E-state index contributed by atoms with van der Waals surface area (Å²) in [5.41, 5.74) is -0.237. The lowest BCUT2D eigenvalue weighted by atomic mass is 9.90. The SMILES string of the molecule is Cn1cnc(C2NCCOC23COC3)n1. The molecule has 0 radical (unpaired) electrons. The second-order valence-corrected chi connectivity index (χ2v) is 4.07. The zero-order valence-electron chi connectivity index (χ0n) is 8.64. The normalized spacial score (nSPS) is 29.0. The lowest BCUT2D eigenvalue weighted by Gasteiger charge is -2.48. The zero-order valence-corrected chi connectivity index (χ0v) is 8.64. The summed E-state index contributed by atoms with van der Waals surface area (Å²) in [5, 5.41) is 7.72. The first-order valence-corrected chi connectivity index (χ1v) is 5.11. The number of hydrogen-bond donors (Lipinski definition) is 1. The number of aromatic nitrogens is 3. The molecule has 0 bridgehead atoms. The molecule has 82 valence electrons. The number of hydrogen-bond acceptors (Lipinski definition) is 5. The number of nitrogens with zero attached hydrogens (tertiary/aromatic N) is 3. The minimum absolute atomic E-state index is 0.0567. The fourth-order valence-corrected chi connectivity index (χ4v) is 2.09. The summed E-state index contributed by atoms with van der Waals surface area (Å²) in [6.45, 7) is 2.82. The Morgan fingerprint density at radius 1 is 1.60 bits per heavy atom. The second-order valence-electron chi connectivity index (χ2n) is 4.07. The van der Waals surface area contributed by atoms with E-state index in [-0.39, 0.29) is 11.6 Å². The Morgan fingerprint density at radius 3 is 3.07 bits per heavy atom. The van der Waals surface area contributed by atoms with Crippen LogP contribution in [0.4, 0.5) is 0 Å². The highest BCUT2D eigenvalue weighted by Gasteiger charge is 2.51. The van der Waals surface area contributed by atoms with Gasteiger partial charge in [0.25, 0.3) is 0 Å². The molecule has 1 aromatic heterocycles. The van der Waals surface area contributed by atoms with Crippen LogP contribution in [0.15, 0.2) is 6.33 Å². The van der Waals surface area contributed by atoms with Crippen LogP contribution in [0.3, 0.4) is 0 Å². The fraction of sp³-hybridized carbons (Fsp3) is 0.778. The Balaban J connectivity index is 1.89. The molecule has 3 heterocycles. The first-order valence-electron chi connectivity index (χ1n) is 5.11. The Morgan fingerprint density at radius 2 is 2.47 bits per heavy atom. The summed E-state index contributed by atoms with van der Waals surface area (Å²) in [6, 6.07) is 0.0567. The molecular formula is C9H14N4O2. The summed E-state index contributed by atoms with van der Waals surface area (Å²) in [6.07, 6.45) is 1.71. The van der Waals surface area contributed by atoms with Crippen LogP contribution in [0, 0.1) is 0 Å². The van der Waals surface area contributed by atoms with Gasteiger partial charge in [0, 0.05) is 13.6 Å². The molecule has 0 saturated carbocycles. The van der Waals surface area contributed by atoms with Crippen LogP contribution in [0.1, 0.15) is 11.9 Å². The van der Waals surface area contributed by atoms with Gasteiger partial charge in [-0.1, -0.05) is 0 Å². The van der Waals surface area contributed by atoms with E-state index >= 15 is 0 Å². The van der Waals surface area contributed by atoms with Gasteiger partial charge in [0.05, 0.1) is 19.8 Å². The number of aryl methyl sites for hydroxylation is 1. The average molecular weight is 210 g/mol. The third-order valence-corrected chi connectivity index (χ3v) is 2.93. The predicted molar refractivity (Wildman–Crippen MR) is 51.2 cm³/mol. The van der Waals surface area contributed by atoms with Gasteiger partial charge >= 0.3 is 0 Å². The first-order chi connectivity index (χ1) is 7.30. The standard InChI is InChI=1S/C9H14N4O2/c1-13-6-11-8(12-13)7-9(4-14-5-9)15-3-2-10-7/h6-7,10H,2-5H2,1H3. The van der Waals surface area contributed by atoms with Crippen molar-refractivity contribution in [2.45, 2.75) is 11.6 Å². The van der Waals surface area contributed by atoms with Crippen LogP contribution in [0.25, 0.3) is 0 Å². The van der Waals surface area contributed by atoms with Crippen molar-refractivity contribution in [3.63, 3.8) is 0 Å². The first kappa shape index (κ1) is 9.26. The molecular weight excluding hydrogens is 196 g/mol. The molecule has 1 unspecified atom stereocenters. The van der Waals surface area contributed by atoms with E-state index in [0.717, 1.165) is 19.0 Å². The van der Waals surface area contributed by atoms with Crippen molar-refractivity contribution in [1.82, 2.24) is 20.1 Å². The van der Waals surface area contributed by atoms with Crippen molar-refractivity contribution in [2.75, 3.05) is 26.4 Å². The molecule has 1 spiro atoms. The van der Waals surface area contributed by atoms with Crippen molar-refractivity contribution in [3.8, 4) is 0 Å². The molecule has 2 aliphatic heterocycles. The molecule has 2 saturated heterocycles. The predicted octanol–water partition coefficient (Wildman–Crippen LogP) is -0.755. The number of morpholine rings is 1. The molecule has 15 heavy (non-hydrogen) atoms. The molecule has 1 N–H and O–H groups in total. The molecule has 6 heteroatoms. The number of rotatable bonds is 1. The zero-order chi connectivity index (χ0) is 10.3. The van der Waals surface area contributed by atoms with Crippen molar-refractivity contribution >= 4 is 0 Å². The Hall–Kier alpha value is -0.980. The summed E-state index contributed by atoms with van der Waals surface area (Å²) in [5.74, 6) is 0.792. The smallest absolute Gasteiger partial charge is 0.170 e. The van der Waals surface area contributed by atoms with Gasteiger partial charge in [-0.15, -0.1) is 0 Å². The van der Waals surface area contributed by atoms with Gasteiger partial charge in [-0.25, -0.2) is 4.98 Å². The van der Waals surface area contributed by atoms with Gasteiger partial charge in [0.2, 0.25) is 0 Å². The maximum absolute atomic E-state index is 5.80. The molecule has 2 aliphatic rings. The molecule has 6 nitrogen and oxygen atoms in total. The van der Waals surface area contributed by atoms with Gasteiger partial charge in [-0.3, -0.25) is 4.68 Å².